The van der Waals surface area contributed by atoms with Crippen molar-refractivity contribution < 1.29 is 0 Å². The first-order valence-electron chi connectivity index (χ1n) is 8.40. The lowest BCUT2D eigenvalue weighted by Crippen LogP contribution is -2.42. The largest absolute Gasteiger partial charge is 0.316 e. The summed E-state index contributed by atoms with van der Waals surface area (Å²) in [5, 5.41) is 3.56. The Morgan fingerprint density at radius 2 is 2.19 bits per heavy atom. The minimum atomic E-state index is 0.611. The molecule has 3 rings (SSSR count). The number of fused-ring (bicyclic) bond motifs is 1. The van der Waals surface area contributed by atoms with Crippen molar-refractivity contribution in [2.75, 3.05) is 19.6 Å². The van der Waals surface area contributed by atoms with E-state index in [1.165, 1.54) is 55.4 Å². The molecule has 0 saturated carbocycles. The number of rotatable bonds is 4. The number of nitrogens with zero attached hydrogens (tertiary/aromatic N) is 1. The fraction of sp³-hybridized carbons (Fsp3) is 0.667. The molecule has 0 bridgehead atoms. The molecule has 0 aromatic heterocycles. The first kappa shape index (κ1) is 15.5. The molecular weight excluding hydrogens is 324 g/mol. The third kappa shape index (κ3) is 3.35. The first-order valence-corrected chi connectivity index (χ1v) is 9.20. The molecule has 116 valence electrons. The van der Waals surface area contributed by atoms with Crippen molar-refractivity contribution in [3.05, 3.63) is 33.8 Å². The zero-order valence-electron chi connectivity index (χ0n) is 13.2. The molecule has 1 aliphatic carbocycles. The minimum Gasteiger partial charge on any atom is -0.316 e. The van der Waals surface area contributed by atoms with Crippen molar-refractivity contribution in [2.45, 2.75) is 51.6 Å². The third-order valence-corrected chi connectivity index (χ3v) is 5.86. The molecule has 1 aromatic rings. The van der Waals surface area contributed by atoms with Gasteiger partial charge in [0.1, 0.15) is 0 Å². The molecule has 1 aliphatic heterocycles. The Kier molecular flexibility index (Phi) is 5.03. The van der Waals surface area contributed by atoms with Gasteiger partial charge >= 0.3 is 0 Å². The van der Waals surface area contributed by atoms with E-state index in [2.05, 4.69) is 58.2 Å². The van der Waals surface area contributed by atoms with E-state index in [4.69, 9.17) is 0 Å². The lowest BCUT2D eigenvalue weighted by molar-refractivity contribution is 0.117. The maximum Gasteiger partial charge on any atom is 0.0357 e. The van der Waals surface area contributed by atoms with Crippen molar-refractivity contribution >= 4 is 15.9 Å². The molecule has 1 saturated heterocycles. The molecule has 2 nitrogen and oxygen atoms in total. The molecule has 21 heavy (non-hydrogen) atoms. The maximum absolute atomic E-state index is 3.73. The normalized spacial score (nSPS) is 25.6. The smallest absolute Gasteiger partial charge is 0.0357 e. The summed E-state index contributed by atoms with van der Waals surface area (Å²) in [4.78, 5) is 2.75. The van der Waals surface area contributed by atoms with Crippen LogP contribution in [-0.4, -0.2) is 30.6 Å². The Morgan fingerprint density at radius 1 is 1.33 bits per heavy atom. The highest BCUT2D eigenvalue weighted by atomic mass is 79.9. The van der Waals surface area contributed by atoms with E-state index in [1.54, 1.807) is 5.56 Å². The fourth-order valence-corrected chi connectivity index (χ4v) is 4.59. The summed E-state index contributed by atoms with van der Waals surface area (Å²) < 4.78 is 1.30. The number of piperidine rings is 1. The minimum absolute atomic E-state index is 0.611. The topological polar surface area (TPSA) is 15.3 Å². The number of hydrogen-bond donors (Lipinski definition) is 1. The van der Waals surface area contributed by atoms with Crippen LogP contribution in [0.5, 0.6) is 0 Å². The number of nitrogens with one attached hydrogen (secondary N) is 1. The molecule has 2 atom stereocenters. The maximum atomic E-state index is 3.73. The van der Waals surface area contributed by atoms with E-state index < -0.39 is 0 Å². The van der Waals surface area contributed by atoms with Gasteiger partial charge in [0.15, 0.2) is 0 Å². The van der Waals surface area contributed by atoms with Crippen LogP contribution in [-0.2, 0) is 6.42 Å². The lowest BCUT2D eigenvalue weighted by Gasteiger charge is -2.37. The van der Waals surface area contributed by atoms with Gasteiger partial charge in [-0.3, -0.25) is 4.90 Å². The molecule has 3 heteroatoms. The van der Waals surface area contributed by atoms with E-state index in [1.807, 2.05) is 0 Å². The molecule has 0 spiro atoms. The van der Waals surface area contributed by atoms with Crippen LogP contribution in [0.2, 0.25) is 0 Å². The van der Waals surface area contributed by atoms with Crippen molar-refractivity contribution in [3.63, 3.8) is 0 Å². The second-order valence-electron chi connectivity index (χ2n) is 6.87. The highest BCUT2D eigenvalue weighted by Gasteiger charge is 2.31. The van der Waals surface area contributed by atoms with Crippen LogP contribution in [0.15, 0.2) is 22.7 Å². The summed E-state index contributed by atoms with van der Waals surface area (Å²) >= 11 is 3.73. The molecule has 0 radical (unpaired) electrons. The zero-order chi connectivity index (χ0) is 14.8. The average molecular weight is 351 g/mol. The number of halogens is 1. The summed E-state index contributed by atoms with van der Waals surface area (Å²) in [7, 11) is 0. The quantitative estimate of drug-likeness (QED) is 0.877. The molecule has 0 amide bonds. The highest BCUT2D eigenvalue weighted by molar-refractivity contribution is 9.10. The van der Waals surface area contributed by atoms with Crippen LogP contribution in [0.1, 0.15) is 50.3 Å². The summed E-state index contributed by atoms with van der Waals surface area (Å²) in [5.41, 5.74) is 3.09. The predicted octanol–water partition coefficient (Wildman–Crippen LogP) is 4.15. The van der Waals surface area contributed by atoms with E-state index in [-0.39, 0.29) is 0 Å². The van der Waals surface area contributed by atoms with Crippen LogP contribution in [0.3, 0.4) is 0 Å². The first-order chi connectivity index (χ1) is 10.2. The average Bonchev–Trinajstić information content (AvgIpc) is 2.91. The molecular formula is C18H27BrN2. The van der Waals surface area contributed by atoms with Crippen LogP contribution in [0, 0.1) is 5.92 Å². The van der Waals surface area contributed by atoms with Gasteiger partial charge in [0.25, 0.3) is 0 Å². The third-order valence-electron chi connectivity index (χ3n) is 5.11. The van der Waals surface area contributed by atoms with Gasteiger partial charge in [0.2, 0.25) is 0 Å². The van der Waals surface area contributed by atoms with Crippen LogP contribution in [0.4, 0.5) is 0 Å². The highest BCUT2D eigenvalue weighted by Crippen LogP contribution is 2.40. The molecule has 1 fully saturated rings. The Hall–Kier alpha value is -0.380. The summed E-state index contributed by atoms with van der Waals surface area (Å²) in [6.45, 7) is 8.35. The van der Waals surface area contributed by atoms with E-state index in [9.17, 15) is 0 Å². The van der Waals surface area contributed by atoms with Crippen molar-refractivity contribution in [3.8, 4) is 0 Å². The van der Waals surface area contributed by atoms with Gasteiger partial charge < -0.3 is 5.32 Å². The van der Waals surface area contributed by atoms with Gasteiger partial charge in [-0.2, -0.15) is 0 Å². The predicted molar refractivity (Wildman–Crippen MR) is 92.6 cm³/mol. The molecule has 1 aromatic carbocycles. The zero-order valence-corrected chi connectivity index (χ0v) is 14.8. The monoisotopic (exact) mass is 350 g/mol. The van der Waals surface area contributed by atoms with Gasteiger partial charge in [0.05, 0.1) is 0 Å². The second-order valence-corrected chi connectivity index (χ2v) is 7.72. The van der Waals surface area contributed by atoms with Crippen LogP contribution >= 0.6 is 15.9 Å². The Labute approximate surface area is 137 Å². The van der Waals surface area contributed by atoms with E-state index in [0.29, 0.717) is 12.1 Å². The standard InChI is InChI=1S/C18H27BrN2/c1-13(2)21(12-14-5-4-10-20-11-14)18-9-8-15-16(18)6-3-7-17(15)19/h3,6-7,13-14,18,20H,4-5,8-12H2,1-2H3. The molecule has 2 unspecified atom stereocenters. The number of benzene rings is 1. The van der Waals surface area contributed by atoms with Crippen LogP contribution < -0.4 is 5.32 Å². The Bertz CT molecular complexity index is 480. The van der Waals surface area contributed by atoms with Gasteiger partial charge in [0, 0.05) is 23.1 Å². The fourth-order valence-electron chi connectivity index (χ4n) is 4.01. The summed E-state index contributed by atoms with van der Waals surface area (Å²) in [5.74, 6) is 0.817. The SMILES string of the molecule is CC(C)N(CC1CCCNC1)C1CCc2c(Br)cccc21. The lowest BCUT2D eigenvalue weighted by atomic mass is 9.96. The summed E-state index contributed by atoms with van der Waals surface area (Å²) in [6.07, 6.45) is 5.21. The molecule has 1 heterocycles. The van der Waals surface area contributed by atoms with E-state index in [0.717, 1.165) is 5.92 Å². The molecule has 1 N–H and O–H groups in total. The Balaban J connectivity index is 1.78. The summed E-state index contributed by atoms with van der Waals surface area (Å²) in [6, 6.07) is 7.95. The van der Waals surface area contributed by atoms with Crippen molar-refractivity contribution in [1.29, 1.82) is 0 Å². The number of hydrogen-bond acceptors (Lipinski definition) is 2. The van der Waals surface area contributed by atoms with Gasteiger partial charge in [-0.15, -0.1) is 0 Å². The van der Waals surface area contributed by atoms with Gasteiger partial charge in [-0.25, -0.2) is 0 Å². The van der Waals surface area contributed by atoms with Gasteiger partial charge in [-0.1, -0.05) is 28.1 Å². The second kappa shape index (κ2) is 6.80. The van der Waals surface area contributed by atoms with Crippen molar-refractivity contribution in [1.82, 2.24) is 10.2 Å². The Morgan fingerprint density at radius 3 is 2.90 bits per heavy atom. The van der Waals surface area contributed by atoms with E-state index >= 15 is 0 Å². The van der Waals surface area contributed by atoms with Crippen molar-refractivity contribution in [2.24, 2.45) is 5.92 Å². The molecule has 2 aliphatic rings. The van der Waals surface area contributed by atoms with Crippen LogP contribution in [0.25, 0.3) is 0 Å². The van der Waals surface area contributed by atoms with Gasteiger partial charge in [-0.05, 0) is 75.7 Å².